The Balaban J connectivity index is 0.00000243. The Hall–Kier alpha value is -1.97. The number of ether oxygens (including phenoxy) is 1. The van der Waals surface area contributed by atoms with E-state index in [-0.39, 0.29) is 56.7 Å². The summed E-state index contributed by atoms with van der Waals surface area (Å²) in [6, 6.07) is 14.2. The Morgan fingerprint density at radius 2 is 1.50 bits per heavy atom. The van der Waals surface area contributed by atoms with Crippen molar-refractivity contribution >= 4 is 61.8 Å². The molecule has 7 nitrogen and oxygen atoms in total. The predicted molar refractivity (Wildman–Crippen MR) is 99.7 cm³/mol. The van der Waals surface area contributed by atoms with Crippen molar-refractivity contribution in [3.8, 4) is 11.5 Å². The van der Waals surface area contributed by atoms with Gasteiger partial charge in [0, 0.05) is 10.8 Å². The first-order valence-corrected chi connectivity index (χ1v) is 8.63. The number of azo groups is 1. The second kappa shape index (κ2) is 8.15. The zero-order chi connectivity index (χ0) is 18.0. The first-order valence-electron chi connectivity index (χ1n) is 7.19. The molecule has 9 heteroatoms. The van der Waals surface area contributed by atoms with Crippen molar-refractivity contribution in [3.63, 3.8) is 0 Å². The molecule has 0 bridgehead atoms. The minimum absolute atomic E-state index is 0. The zero-order valence-electron chi connectivity index (χ0n) is 13.1. The van der Waals surface area contributed by atoms with E-state index in [1.807, 2.05) is 0 Å². The van der Waals surface area contributed by atoms with E-state index in [4.69, 9.17) is 4.74 Å². The van der Waals surface area contributed by atoms with Gasteiger partial charge in [0.1, 0.15) is 22.0 Å². The first kappa shape index (κ1) is 20.3. The molecule has 0 fully saturated rings. The number of phenolic OH excluding ortho intramolecular Hbond substituents is 1. The summed E-state index contributed by atoms with van der Waals surface area (Å²) in [5.41, 5.74) is 0.322. The Kier molecular flexibility index (Phi) is 6.38. The molecule has 0 unspecified atom stereocenters. The molecule has 0 aliphatic carbocycles. The normalized spacial score (nSPS) is 11.5. The van der Waals surface area contributed by atoms with Crippen LogP contribution < -0.4 is 4.74 Å². The van der Waals surface area contributed by atoms with Crippen molar-refractivity contribution in [1.29, 1.82) is 0 Å². The van der Waals surface area contributed by atoms with E-state index in [1.54, 1.807) is 36.4 Å². The third kappa shape index (κ3) is 4.05. The van der Waals surface area contributed by atoms with Gasteiger partial charge in [-0.25, -0.2) is 0 Å². The summed E-state index contributed by atoms with van der Waals surface area (Å²) in [7, 11) is -3.02. The molecule has 3 aromatic carbocycles. The van der Waals surface area contributed by atoms with Crippen molar-refractivity contribution in [2.45, 2.75) is 4.90 Å². The second-order valence-corrected chi connectivity index (χ2v) is 6.52. The number of fused-ring (bicyclic) bond motifs is 1. The van der Waals surface area contributed by atoms with Crippen molar-refractivity contribution in [3.05, 3.63) is 54.6 Å². The van der Waals surface area contributed by atoms with Crippen LogP contribution in [0.4, 0.5) is 11.4 Å². The molecule has 0 aromatic heterocycles. The number of aromatic hydroxyl groups is 1. The fourth-order valence-corrected chi connectivity index (χ4v) is 3.14. The Morgan fingerprint density at radius 3 is 2.15 bits per heavy atom. The summed E-state index contributed by atoms with van der Waals surface area (Å²) in [6.45, 7) is 0. The number of benzene rings is 3. The predicted octanol–water partition coefficient (Wildman–Crippen LogP) is 3.57. The molecule has 0 spiro atoms. The van der Waals surface area contributed by atoms with Crippen LogP contribution in [0.2, 0.25) is 0 Å². The fraction of sp³-hybridized carbons (Fsp3) is 0.0588. The molecule has 0 atom stereocenters. The summed E-state index contributed by atoms with van der Waals surface area (Å²) in [4.78, 5) is -0.352. The first-order chi connectivity index (χ1) is 11.9. The van der Waals surface area contributed by atoms with Gasteiger partial charge in [-0.2, -0.15) is 8.42 Å². The summed E-state index contributed by atoms with van der Waals surface area (Å²) < 4.78 is 38.0. The molecule has 0 heterocycles. The number of hydrogen-bond acceptors (Lipinski definition) is 6. The zero-order valence-corrected chi connectivity index (χ0v) is 13.9. The molecule has 0 saturated carbocycles. The van der Waals surface area contributed by atoms with Crippen LogP contribution >= 0.6 is 0 Å². The van der Waals surface area contributed by atoms with Gasteiger partial charge in [0.05, 0.1) is 7.11 Å². The van der Waals surface area contributed by atoms with Gasteiger partial charge in [-0.15, -0.1) is 10.2 Å². The molecule has 130 valence electrons. The molecular weight excluding hydrogens is 367 g/mol. The molecule has 0 radical (unpaired) electrons. The van der Waals surface area contributed by atoms with Gasteiger partial charge in [-0.3, -0.25) is 4.55 Å². The number of rotatable bonds is 4. The van der Waals surface area contributed by atoms with Gasteiger partial charge < -0.3 is 9.84 Å². The van der Waals surface area contributed by atoms with Crippen molar-refractivity contribution < 1.29 is 22.8 Å². The van der Waals surface area contributed by atoms with Gasteiger partial charge >= 0.3 is 29.6 Å². The van der Waals surface area contributed by atoms with Crippen LogP contribution in [-0.2, 0) is 10.1 Å². The van der Waals surface area contributed by atoms with E-state index in [9.17, 15) is 18.1 Å². The van der Waals surface area contributed by atoms with E-state index < -0.39 is 10.1 Å². The molecule has 0 saturated heterocycles. The fourth-order valence-electron chi connectivity index (χ4n) is 2.42. The van der Waals surface area contributed by atoms with Gasteiger partial charge in [0.25, 0.3) is 10.1 Å². The monoisotopic (exact) mass is 382 g/mol. The molecular formula is C17H15N2NaO5S. The molecule has 0 aliphatic heterocycles. The molecule has 3 rings (SSSR count). The number of methoxy groups -OCH3 is 1. The number of para-hydroxylation sites is 1. The van der Waals surface area contributed by atoms with Crippen LogP contribution in [-0.4, -0.2) is 54.7 Å². The third-order valence-corrected chi connectivity index (χ3v) is 4.48. The summed E-state index contributed by atoms with van der Waals surface area (Å²) in [5.74, 6) is 0.239. The van der Waals surface area contributed by atoms with Crippen LogP contribution in [0.15, 0.2) is 69.7 Å². The molecule has 0 amide bonds. The third-order valence-electron chi connectivity index (χ3n) is 3.59. The molecule has 2 N–H and O–H groups in total. The van der Waals surface area contributed by atoms with Crippen LogP contribution in [0.1, 0.15) is 0 Å². The van der Waals surface area contributed by atoms with Crippen LogP contribution in [0.5, 0.6) is 11.5 Å². The average Bonchev–Trinajstić information content (AvgIpc) is 2.60. The number of hydrogen-bond donors (Lipinski definition) is 2. The average molecular weight is 382 g/mol. The molecule has 26 heavy (non-hydrogen) atoms. The van der Waals surface area contributed by atoms with Gasteiger partial charge in [0.2, 0.25) is 0 Å². The van der Waals surface area contributed by atoms with Crippen LogP contribution in [0.3, 0.4) is 0 Å². The van der Waals surface area contributed by atoms with Gasteiger partial charge in [-0.05, 0) is 18.2 Å². The molecule has 0 aliphatic rings. The van der Waals surface area contributed by atoms with E-state index in [1.165, 1.54) is 19.2 Å². The number of phenols is 1. The quantitative estimate of drug-likeness (QED) is 0.407. The summed E-state index contributed by atoms with van der Waals surface area (Å²) in [5, 5.41) is 18.7. The second-order valence-electron chi connectivity index (χ2n) is 5.13. The van der Waals surface area contributed by atoms with Crippen LogP contribution in [0, 0.1) is 0 Å². The van der Waals surface area contributed by atoms with Gasteiger partial charge in [-0.1, -0.05) is 36.4 Å². The maximum atomic E-state index is 11.7. The minimum atomic E-state index is -4.50. The Morgan fingerprint density at radius 1 is 0.923 bits per heavy atom. The van der Waals surface area contributed by atoms with Crippen LogP contribution in [0.25, 0.3) is 10.8 Å². The Bertz CT molecular complexity index is 1080. The van der Waals surface area contributed by atoms with E-state index >= 15 is 0 Å². The Labute approximate surface area is 172 Å². The van der Waals surface area contributed by atoms with Crippen molar-refractivity contribution in [2.24, 2.45) is 10.2 Å². The maximum absolute atomic E-state index is 11.7. The van der Waals surface area contributed by atoms with Gasteiger partial charge in [0.15, 0.2) is 5.75 Å². The van der Waals surface area contributed by atoms with E-state index in [0.29, 0.717) is 11.4 Å². The van der Waals surface area contributed by atoms with Crippen molar-refractivity contribution in [1.82, 2.24) is 0 Å². The SMILES string of the molecule is COc1ccccc1/N=N/c1cc(S(=O)(=O)O)c2ccccc2c1O.[NaH]. The standard InChI is InChI=1S/C17H14N2O5S.Na.H/c1-24-15-9-5-4-8-13(15)18-19-14-10-16(25(21,22)23)11-6-2-3-7-12(11)17(14)20;;/h2-10,20H,1H3,(H,21,22,23);;/b19-18+;;. The van der Waals surface area contributed by atoms with Crippen molar-refractivity contribution in [2.75, 3.05) is 7.11 Å². The topological polar surface area (TPSA) is 109 Å². The summed E-state index contributed by atoms with van der Waals surface area (Å²) in [6.07, 6.45) is 0. The summed E-state index contributed by atoms with van der Waals surface area (Å²) >= 11 is 0. The molecule has 3 aromatic rings. The number of nitrogens with zero attached hydrogens (tertiary/aromatic N) is 2. The van der Waals surface area contributed by atoms with E-state index in [2.05, 4.69) is 10.2 Å². The van der Waals surface area contributed by atoms with E-state index in [0.717, 1.165) is 6.07 Å².